The predicted molar refractivity (Wildman–Crippen MR) is 83.0 cm³/mol. The summed E-state index contributed by atoms with van der Waals surface area (Å²) in [6.07, 6.45) is 1.83. The highest BCUT2D eigenvalue weighted by atomic mass is 35.5. The summed E-state index contributed by atoms with van der Waals surface area (Å²) >= 11 is 0. The second-order valence-corrected chi connectivity index (χ2v) is 4.49. The van der Waals surface area contributed by atoms with Crippen LogP contribution in [0.15, 0.2) is 30.9 Å². The minimum absolute atomic E-state index is 0. The van der Waals surface area contributed by atoms with Crippen LogP contribution in [0.2, 0.25) is 0 Å². The first-order valence-electron chi connectivity index (χ1n) is 6.06. The van der Waals surface area contributed by atoms with Gasteiger partial charge in [0.05, 0.1) is 6.04 Å². The van der Waals surface area contributed by atoms with E-state index >= 15 is 0 Å². The van der Waals surface area contributed by atoms with Crippen LogP contribution in [0.1, 0.15) is 17.2 Å². The van der Waals surface area contributed by atoms with E-state index in [2.05, 4.69) is 16.8 Å². The maximum atomic E-state index is 14.0. The molecule has 0 saturated carbocycles. The average Bonchev–Trinajstić information content (AvgIpc) is 2.34. The minimum Gasteiger partial charge on any atom is -0.314 e. The molecule has 1 fully saturated rings. The Morgan fingerprint density at radius 3 is 2.47 bits per heavy atom. The third kappa shape index (κ3) is 4.46. The lowest BCUT2D eigenvalue weighted by Crippen LogP contribution is -2.44. The molecule has 2 rings (SSSR count). The van der Waals surface area contributed by atoms with Gasteiger partial charge in [0.2, 0.25) is 0 Å². The molecule has 0 spiro atoms. The highest BCUT2D eigenvalue weighted by Crippen LogP contribution is 2.25. The highest BCUT2D eigenvalue weighted by Gasteiger charge is 2.21. The van der Waals surface area contributed by atoms with Crippen LogP contribution in [-0.2, 0) is 0 Å². The Morgan fingerprint density at radius 2 is 1.95 bits per heavy atom. The molecular formula is C14H21Cl2FN2. The van der Waals surface area contributed by atoms with Crippen molar-refractivity contribution < 1.29 is 4.39 Å². The Bertz CT molecular complexity index is 406. The van der Waals surface area contributed by atoms with Crippen molar-refractivity contribution in [3.05, 3.63) is 47.8 Å². The van der Waals surface area contributed by atoms with Gasteiger partial charge in [0.15, 0.2) is 0 Å². The van der Waals surface area contributed by atoms with E-state index < -0.39 is 0 Å². The normalized spacial score (nSPS) is 16.9. The number of hydrogen-bond donors (Lipinski definition) is 1. The summed E-state index contributed by atoms with van der Waals surface area (Å²) in [5.74, 6) is -0.131. The van der Waals surface area contributed by atoms with Gasteiger partial charge in [-0.1, -0.05) is 18.2 Å². The lowest BCUT2D eigenvalue weighted by molar-refractivity contribution is 0.200. The summed E-state index contributed by atoms with van der Waals surface area (Å²) in [5, 5.41) is 3.30. The lowest BCUT2D eigenvalue weighted by atomic mass is 10.0. The van der Waals surface area contributed by atoms with E-state index in [1.807, 2.05) is 25.1 Å². The fourth-order valence-electron chi connectivity index (χ4n) is 2.31. The van der Waals surface area contributed by atoms with Crippen molar-refractivity contribution in [2.45, 2.75) is 13.0 Å². The van der Waals surface area contributed by atoms with Gasteiger partial charge in [-0.25, -0.2) is 4.39 Å². The number of halogens is 3. The smallest absolute Gasteiger partial charge is 0.128 e. The molecule has 0 unspecified atom stereocenters. The molecule has 2 nitrogen and oxygen atoms in total. The monoisotopic (exact) mass is 306 g/mol. The number of aryl methyl sites for hydroxylation is 1. The molecule has 19 heavy (non-hydrogen) atoms. The largest absolute Gasteiger partial charge is 0.314 e. The first-order chi connectivity index (χ1) is 8.22. The van der Waals surface area contributed by atoms with Crippen molar-refractivity contribution in [3.63, 3.8) is 0 Å². The molecule has 1 aliphatic rings. The van der Waals surface area contributed by atoms with Gasteiger partial charge in [-0.3, -0.25) is 4.90 Å². The Morgan fingerprint density at radius 1 is 1.32 bits per heavy atom. The zero-order valence-corrected chi connectivity index (χ0v) is 12.7. The minimum atomic E-state index is -0.131. The van der Waals surface area contributed by atoms with Gasteiger partial charge in [-0.15, -0.1) is 31.4 Å². The molecule has 5 heteroatoms. The van der Waals surface area contributed by atoms with Gasteiger partial charge in [-0.2, -0.15) is 0 Å². The van der Waals surface area contributed by atoms with Gasteiger partial charge in [0.25, 0.3) is 0 Å². The van der Waals surface area contributed by atoms with Gasteiger partial charge in [0.1, 0.15) is 5.82 Å². The topological polar surface area (TPSA) is 15.3 Å². The first kappa shape index (κ1) is 18.4. The molecule has 1 N–H and O–H groups in total. The number of hydrogen-bond acceptors (Lipinski definition) is 2. The molecule has 0 amide bonds. The molecule has 1 heterocycles. The van der Waals surface area contributed by atoms with Crippen molar-refractivity contribution in [2.24, 2.45) is 0 Å². The maximum absolute atomic E-state index is 14.0. The second kappa shape index (κ2) is 8.54. The molecule has 0 bridgehead atoms. The molecule has 1 aromatic carbocycles. The van der Waals surface area contributed by atoms with Crippen LogP contribution < -0.4 is 5.32 Å². The van der Waals surface area contributed by atoms with Crippen molar-refractivity contribution in [1.29, 1.82) is 0 Å². The van der Waals surface area contributed by atoms with E-state index in [0.717, 1.165) is 37.3 Å². The summed E-state index contributed by atoms with van der Waals surface area (Å²) in [6, 6.07) is 5.40. The number of piperazine rings is 1. The van der Waals surface area contributed by atoms with Crippen LogP contribution >= 0.6 is 24.8 Å². The zero-order chi connectivity index (χ0) is 12.3. The molecule has 1 saturated heterocycles. The number of nitrogens with zero attached hydrogens (tertiary/aromatic N) is 1. The van der Waals surface area contributed by atoms with Crippen LogP contribution in [0.3, 0.4) is 0 Å². The lowest BCUT2D eigenvalue weighted by Gasteiger charge is -2.33. The van der Waals surface area contributed by atoms with Gasteiger partial charge >= 0.3 is 0 Å². The van der Waals surface area contributed by atoms with Crippen LogP contribution in [0, 0.1) is 12.7 Å². The molecular weight excluding hydrogens is 286 g/mol. The first-order valence-corrected chi connectivity index (χ1v) is 6.06. The summed E-state index contributed by atoms with van der Waals surface area (Å²) in [6.45, 7) is 9.53. The van der Waals surface area contributed by atoms with E-state index in [-0.39, 0.29) is 36.7 Å². The molecule has 108 valence electrons. The molecule has 0 aliphatic carbocycles. The van der Waals surface area contributed by atoms with Crippen LogP contribution in [0.25, 0.3) is 0 Å². The fourth-order valence-corrected chi connectivity index (χ4v) is 2.31. The third-order valence-corrected chi connectivity index (χ3v) is 3.24. The second-order valence-electron chi connectivity index (χ2n) is 4.49. The molecule has 0 radical (unpaired) electrons. The van der Waals surface area contributed by atoms with E-state index in [1.165, 1.54) is 0 Å². The Labute approximate surface area is 126 Å². The van der Waals surface area contributed by atoms with Gasteiger partial charge < -0.3 is 5.32 Å². The summed E-state index contributed by atoms with van der Waals surface area (Å²) in [7, 11) is 0. The SMILES string of the molecule is C=C[C@@H](c1ccc(C)cc1F)N1CCNCC1.Cl.Cl. The Balaban J connectivity index is 0.00000162. The van der Waals surface area contributed by atoms with Crippen LogP contribution in [0.4, 0.5) is 4.39 Å². The molecule has 0 aromatic heterocycles. The molecule has 1 atom stereocenters. The van der Waals surface area contributed by atoms with Gasteiger partial charge in [0, 0.05) is 31.7 Å². The van der Waals surface area contributed by atoms with Crippen molar-refractivity contribution >= 4 is 24.8 Å². The van der Waals surface area contributed by atoms with Crippen molar-refractivity contribution in [2.75, 3.05) is 26.2 Å². The highest BCUT2D eigenvalue weighted by molar-refractivity contribution is 5.85. The van der Waals surface area contributed by atoms with E-state index in [9.17, 15) is 4.39 Å². The predicted octanol–water partition coefficient (Wildman–Crippen LogP) is 3.11. The standard InChI is InChI=1S/C14H19FN2.2ClH/c1-3-14(17-8-6-16-7-9-17)12-5-4-11(2)10-13(12)15;;/h3-5,10,14,16H,1,6-9H2,2H3;2*1H/t14-;;/m0../s1. The molecule has 1 aliphatic heterocycles. The van der Waals surface area contributed by atoms with E-state index in [0.29, 0.717) is 0 Å². The maximum Gasteiger partial charge on any atom is 0.128 e. The van der Waals surface area contributed by atoms with E-state index in [4.69, 9.17) is 0 Å². The summed E-state index contributed by atoms with van der Waals surface area (Å²) < 4.78 is 14.0. The van der Waals surface area contributed by atoms with Crippen molar-refractivity contribution in [1.82, 2.24) is 10.2 Å². The average molecular weight is 307 g/mol. The Kier molecular flexibility index (Phi) is 8.26. The fraction of sp³-hybridized carbons (Fsp3) is 0.429. The third-order valence-electron chi connectivity index (χ3n) is 3.24. The quantitative estimate of drug-likeness (QED) is 0.863. The molecule has 1 aromatic rings. The number of benzene rings is 1. The Hall–Kier alpha value is -0.610. The summed E-state index contributed by atoms with van der Waals surface area (Å²) in [5.41, 5.74) is 1.68. The van der Waals surface area contributed by atoms with Gasteiger partial charge in [-0.05, 0) is 18.6 Å². The van der Waals surface area contributed by atoms with Crippen LogP contribution in [0.5, 0.6) is 0 Å². The van der Waals surface area contributed by atoms with Crippen molar-refractivity contribution in [3.8, 4) is 0 Å². The van der Waals surface area contributed by atoms with E-state index in [1.54, 1.807) is 6.07 Å². The van der Waals surface area contributed by atoms with Crippen LogP contribution in [-0.4, -0.2) is 31.1 Å². The number of rotatable bonds is 3. The zero-order valence-electron chi connectivity index (χ0n) is 11.1. The number of nitrogens with one attached hydrogen (secondary N) is 1. The summed E-state index contributed by atoms with van der Waals surface area (Å²) in [4.78, 5) is 2.26.